The van der Waals surface area contributed by atoms with Crippen molar-refractivity contribution in [1.82, 2.24) is 0 Å². The van der Waals surface area contributed by atoms with Gasteiger partial charge in [-0.3, -0.25) is 0 Å². The highest BCUT2D eigenvalue weighted by atomic mass is 32.2. The van der Waals surface area contributed by atoms with Crippen molar-refractivity contribution in [2.24, 2.45) is 0 Å². The molecule has 5 heteroatoms. The fraction of sp³-hybridized carbons (Fsp3) is 0.100. The summed E-state index contributed by atoms with van der Waals surface area (Å²) >= 11 is 1.62. The largest absolute Gasteiger partial charge is 0.486 e. The molecule has 0 N–H and O–H groups in total. The highest BCUT2D eigenvalue weighted by Crippen LogP contribution is 2.36. The van der Waals surface area contributed by atoms with Gasteiger partial charge >= 0.3 is 0 Å². The molecule has 1 heterocycles. The van der Waals surface area contributed by atoms with Crippen LogP contribution in [0.4, 0.5) is 0 Å². The van der Waals surface area contributed by atoms with E-state index in [-0.39, 0.29) is 0 Å². The third-order valence-electron chi connectivity index (χ3n) is 3.75. The first-order valence-corrected chi connectivity index (χ1v) is 9.91. The fourth-order valence-electron chi connectivity index (χ4n) is 2.57. The number of fused-ring (bicyclic) bond motifs is 1. The summed E-state index contributed by atoms with van der Waals surface area (Å²) in [6.07, 6.45) is 0. The quantitative estimate of drug-likeness (QED) is 0.664. The van der Waals surface area contributed by atoms with E-state index in [1.807, 2.05) is 60.7 Å². The molecule has 0 bridgehead atoms. The van der Waals surface area contributed by atoms with Crippen molar-refractivity contribution in [2.45, 2.75) is 19.6 Å². The molecule has 0 saturated heterocycles. The van der Waals surface area contributed by atoms with Crippen molar-refractivity contribution in [1.29, 1.82) is 0 Å². The summed E-state index contributed by atoms with van der Waals surface area (Å²) < 4.78 is 24.3. The second-order valence-corrected chi connectivity index (χ2v) is 8.00. The topological polar surface area (TPSA) is 35.5 Å². The predicted molar refractivity (Wildman–Crippen MR) is 99.1 cm³/mol. The summed E-state index contributed by atoms with van der Waals surface area (Å²) in [6.45, 7) is 1.06. The molecule has 0 radical (unpaired) electrons. The zero-order valence-corrected chi connectivity index (χ0v) is 15.0. The predicted octanol–water partition coefficient (Wildman–Crippen LogP) is 4.78. The Bertz CT molecular complexity index is 910. The van der Waals surface area contributed by atoms with E-state index < -0.39 is 10.8 Å². The molecule has 1 unspecified atom stereocenters. The second-order valence-electron chi connectivity index (χ2n) is 5.44. The number of benzene rings is 3. The minimum absolute atomic E-state index is 0.517. The first kappa shape index (κ1) is 16.2. The number of rotatable bonds is 4. The van der Waals surface area contributed by atoms with E-state index in [9.17, 15) is 4.21 Å². The van der Waals surface area contributed by atoms with Gasteiger partial charge in [0.15, 0.2) is 11.5 Å². The molecule has 0 aromatic heterocycles. The smallest absolute Gasteiger partial charge is 0.162 e. The Balaban J connectivity index is 1.66. The summed E-state index contributed by atoms with van der Waals surface area (Å²) in [6, 6.07) is 23.4. The van der Waals surface area contributed by atoms with Crippen molar-refractivity contribution in [2.75, 3.05) is 13.2 Å². The maximum absolute atomic E-state index is 13.1. The highest BCUT2D eigenvalue weighted by molar-refractivity contribution is 8.00. The van der Waals surface area contributed by atoms with Crippen LogP contribution in [0.1, 0.15) is 0 Å². The van der Waals surface area contributed by atoms with E-state index in [2.05, 4.69) is 12.1 Å². The molecule has 3 aromatic carbocycles. The SMILES string of the molecule is O=S(c1ccc2c(c1)OCCO2)c1ccccc1Sc1ccccc1. The lowest BCUT2D eigenvalue weighted by Crippen LogP contribution is -2.15. The third kappa shape index (κ3) is 3.57. The van der Waals surface area contributed by atoms with E-state index in [0.29, 0.717) is 29.6 Å². The minimum Gasteiger partial charge on any atom is -0.486 e. The molecular weight excluding hydrogens is 352 g/mol. The van der Waals surface area contributed by atoms with Gasteiger partial charge in [-0.25, -0.2) is 4.21 Å². The second kappa shape index (κ2) is 7.33. The summed E-state index contributed by atoms with van der Waals surface area (Å²) in [5.41, 5.74) is 0. The Labute approximate surface area is 153 Å². The lowest BCUT2D eigenvalue weighted by Gasteiger charge is -2.19. The molecule has 1 aliphatic rings. The molecule has 0 saturated carbocycles. The van der Waals surface area contributed by atoms with Crippen molar-refractivity contribution in [3.63, 3.8) is 0 Å². The summed E-state index contributed by atoms with van der Waals surface area (Å²) in [4.78, 5) is 3.62. The van der Waals surface area contributed by atoms with E-state index in [4.69, 9.17) is 9.47 Å². The van der Waals surface area contributed by atoms with Crippen LogP contribution in [-0.4, -0.2) is 17.4 Å². The van der Waals surface area contributed by atoms with Crippen LogP contribution in [0.15, 0.2) is 92.4 Å². The first-order chi connectivity index (χ1) is 12.3. The summed E-state index contributed by atoms with van der Waals surface area (Å²) in [5, 5.41) is 0. The van der Waals surface area contributed by atoms with Crippen molar-refractivity contribution >= 4 is 22.6 Å². The Kier molecular flexibility index (Phi) is 4.76. The van der Waals surface area contributed by atoms with Gasteiger partial charge in [0.1, 0.15) is 13.2 Å². The third-order valence-corrected chi connectivity index (χ3v) is 6.40. The van der Waals surface area contributed by atoms with Gasteiger partial charge in [0.2, 0.25) is 0 Å². The number of hydrogen-bond donors (Lipinski definition) is 0. The van der Waals surface area contributed by atoms with Crippen LogP contribution in [0, 0.1) is 0 Å². The molecule has 0 spiro atoms. The molecule has 0 amide bonds. The molecule has 1 aliphatic heterocycles. The van der Waals surface area contributed by atoms with Crippen molar-refractivity contribution in [3.8, 4) is 11.5 Å². The summed E-state index contributed by atoms with van der Waals surface area (Å²) in [7, 11) is -1.29. The lowest BCUT2D eigenvalue weighted by atomic mass is 10.3. The molecule has 4 rings (SSSR count). The first-order valence-electron chi connectivity index (χ1n) is 7.94. The van der Waals surface area contributed by atoms with Gasteiger partial charge in [-0.05, 0) is 36.4 Å². The Hall–Kier alpha value is -2.24. The van der Waals surface area contributed by atoms with Crippen LogP contribution in [0.5, 0.6) is 11.5 Å². The van der Waals surface area contributed by atoms with Gasteiger partial charge < -0.3 is 9.47 Å². The van der Waals surface area contributed by atoms with Crippen LogP contribution < -0.4 is 9.47 Å². The van der Waals surface area contributed by atoms with Gasteiger partial charge in [0.25, 0.3) is 0 Å². The number of hydrogen-bond acceptors (Lipinski definition) is 4. The zero-order chi connectivity index (χ0) is 17.1. The monoisotopic (exact) mass is 368 g/mol. The van der Waals surface area contributed by atoms with Gasteiger partial charge in [-0.15, -0.1) is 0 Å². The minimum atomic E-state index is -1.29. The summed E-state index contributed by atoms with van der Waals surface area (Å²) in [5.74, 6) is 1.37. The molecular formula is C20H16O3S2. The Morgan fingerprint density at radius 2 is 1.52 bits per heavy atom. The van der Waals surface area contributed by atoms with Gasteiger partial charge in [0, 0.05) is 20.8 Å². The van der Waals surface area contributed by atoms with Crippen LogP contribution in [0.3, 0.4) is 0 Å². The average molecular weight is 368 g/mol. The number of ether oxygens (including phenoxy) is 2. The molecule has 25 heavy (non-hydrogen) atoms. The molecule has 3 nitrogen and oxygen atoms in total. The molecule has 3 aromatic rings. The Morgan fingerprint density at radius 1 is 0.800 bits per heavy atom. The van der Waals surface area contributed by atoms with Crippen molar-refractivity contribution < 1.29 is 13.7 Å². The van der Waals surface area contributed by atoms with E-state index in [1.165, 1.54) is 0 Å². The molecule has 126 valence electrons. The molecule has 1 atom stereocenters. The van der Waals surface area contributed by atoms with Gasteiger partial charge in [0.05, 0.1) is 15.7 Å². The standard InChI is InChI=1S/C20H16O3S2/c21-25(16-10-11-17-18(14-16)23-13-12-22-17)20-9-5-4-8-19(20)24-15-6-2-1-3-7-15/h1-11,14H,12-13H2. The van der Waals surface area contributed by atoms with Crippen LogP contribution in [0.2, 0.25) is 0 Å². The van der Waals surface area contributed by atoms with Gasteiger partial charge in [-0.1, -0.05) is 42.1 Å². The average Bonchev–Trinajstić information content (AvgIpc) is 2.68. The Morgan fingerprint density at radius 3 is 2.36 bits per heavy atom. The molecule has 0 aliphatic carbocycles. The van der Waals surface area contributed by atoms with Crippen LogP contribution >= 0.6 is 11.8 Å². The van der Waals surface area contributed by atoms with Gasteiger partial charge in [-0.2, -0.15) is 0 Å². The van der Waals surface area contributed by atoms with Crippen LogP contribution in [-0.2, 0) is 10.8 Å². The van der Waals surface area contributed by atoms with E-state index in [0.717, 1.165) is 14.7 Å². The van der Waals surface area contributed by atoms with Crippen molar-refractivity contribution in [3.05, 3.63) is 72.8 Å². The van der Waals surface area contributed by atoms with Crippen LogP contribution in [0.25, 0.3) is 0 Å². The highest BCUT2D eigenvalue weighted by Gasteiger charge is 2.17. The zero-order valence-electron chi connectivity index (χ0n) is 13.4. The fourth-order valence-corrected chi connectivity index (χ4v) is 4.90. The lowest BCUT2D eigenvalue weighted by molar-refractivity contribution is 0.171. The maximum atomic E-state index is 13.1. The van der Waals surface area contributed by atoms with E-state index >= 15 is 0 Å². The normalized spacial score (nSPS) is 14.1. The maximum Gasteiger partial charge on any atom is 0.162 e. The molecule has 0 fully saturated rings. The van der Waals surface area contributed by atoms with E-state index in [1.54, 1.807) is 11.8 Å².